The van der Waals surface area contributed by atoms with Gasteiger partial charge >= 0.3 is 0 Å². The van der Waals surface area contributed by atoms with Gasteiger partial charge in [0.05, 0.1) is 22.5 Å². The van der Waals surface area contributed by atoms with Crippen molar-refractivity contribution < 1.29 is 9.18 Å². The molecule has 0 aromatic carbocycles. The molecule has 6 nitrogen and oxygen atoms in total. The first kappa shape index (κ1) is 20.8. The van der Waals surface area contributed by atoms with Gasteiger partial charge < -0.3 is 10.6 Å². The first-order valence-electron chi connectivity index (χ1n) is 10.4. The SMILES string of the molecule is Cc1cc2nc(N[C@@H](C)c3cncc(F)c3)nc(C(=O)CCC[C@H]3CCNC3)c2s1. The molecular weight excluding hydrogens is 401 g/mol. The average molecular weight is 428 g/mol. The van der Waals surface area contributed by atoms with E-state index in [1.165, 1.54) is 18.7 Å². The second-order valence-electron chi connectivity index (χ2n) is 7.94. The Hall–Kier alpha value is -2.45. The Bertz CT molecular complexity index is 1050. The van der Waals surface area contributed by atoms with Crippen LogP contribution in [0.5, 0.6) is 0 Å². The van der Waals surface area contributed by atoms with Gasteiger partial charge in [-0.2, -0.15) is 0 Å². The van der Waals surface area contributed by atoms with Crippen LogP contribution in [0.1, 0.15) is 59.6 Å². The van der Waals surface area contributed by atoms with Gasteiger partial charge in [-0.3, -0.25) is 9.78 Å². The van der Waals surface area contributed by atoms with Gasteiger partial charge in [0.1, 0.15) is 11.5 Å². The lowest BCUT2D eigenvalue weighted by atomic mass is 9.99. The van der Waals surface area contributed by atoms with Crippen LogP contribution < -0.4 is 10.6 Å². The smallest absolute Gasteiger partial charge is 0.224 e. The van der Waals surface area contributed by atoms with E-state index in [-0.39, 0.29) is 17.6 Å². The summed E-state index contributed by atoms with van der Waals surface area (Å²) in [5, 5.41) is 6.57. The third-order valence-corrected chi connectivity index (χ3v) is 6.56. The van der Waals surface area contributed by atoms with Gasteiger partial charge in [-0.15, -0.1) is 11.3 Å². The number of Topliss-reactive ketones (excluding diaryl/α,β-unsaturated/α-hetero) is 1. The van der Waals surface area contributed by atoms with Gasteiger partial charge in [0.2, 0.25) is 5.95 Å². The van der Waals surface area contributed by atoms with Crippen molar-refractivity contribution in [3.63, 3.8) is 0 Å². The molecule has 0 spiro atoms. The molecule has 0 amide bonds. The van der Waals surface area contributed by atoms with Crippen LogP contribution >= 0.6 is 11.3 Å². The third kappa shape index (κ3) is 4.82. The topological polar surface area (TPSA) is 79.8 Å². The number of halogens is 1. The highest BCUT2D eigenvalue weighted by molar-refractivity contribution is 7.19. The minimum Gasteiger partial charge on any atom is -0.348 e. The standard InChI is InChI=1S/C22H26FN5OS/c1-13-8-18-21(30-13)20(19(29)5-3-4-15-6-7-24-10-15)28-22(27-18)26-14(2)16-9-17(23)12-25-11-16/h8-9,11-12,14-15,24H,3-7,10H2,1-2H3,(H,26,27,28)/t14-,15-/m0/s1. The molecule has 30 heavy (non-hydrogen) atoms. The number of hydrogen-bond acceptors (Lipinski definition) is 7. The lowest BCUT2D eigenvalue weighted by molar-refractivity contribution is 0.0975. The Morgan fingerprint density at radius 1 is 1.37 bits per heavy atom. The molecule has 0 radical (unpaired) electrons. The molecule has 0 saturated carbocycles. The van der Waals surface area contributed by atoms with Gasteiger partial charge in [-0.1, -0.05) is 0 Å². The fourth-order valence-corrected chi connectivity index (χ4v) is 4.83. The summed E-state index contributed by atoms with van der Waals surface area (Å²) in [5.41, 5.74) is 1.94. The summed E-state index contributed by atoms with van der Waals surface area (Å²) in [4.78, 5) is 27.1. The third-order valence-electron chi connectivity index (χ3n) is 5.51. The van der Waals surface area contributed by atoms with Crippen LogP contribution in [0.15, 0.2) is 24.5 Å². The average Bonchev–Trinajstić information content (AvgIpc) is 3.36. The highest BCUT2D eigenvalue weighted by atomic mass is 32.1. The number of anilines is 1. The molecule has 3 aromatic rings. The van der Waals surface area contributed by atoms with E-state index in [2.05, 4.69) is 25.6 Å². The second-order valence-corrected chi connectivity index (χ2v) is 9.20. The zero-order valence-corrected chi connectivity index (χ0v) is 18.1. The minimum absolute atomic E-state index is 0.0540. The Balaban J connectivity index is 1.53. The van der Waals surface area contributed by atoms with E-state index >= 15 is 0 Å². The van der Waals surface area contributed by atoms with Crippen molar-refractivity contribution in [3.8, 4) is 0 Å². The van der Waals surface area contributed by atoms with Crippen molar-refractivity contribution in [2.24, 2.45) is 5.92 Å². The van der Waals surface area contributed by atoms with Gasteiger partial charge in [0.15, 0.2) is 5.78 Å². The summed E-state index contributed by atoms with van der Waals surface area (Å²) < 4.78 is 14.3. The van der Waals surface area contributed by atoms with E-state index in [0.29, 0.717) is 29.5 Å². The molecule has 4 heterocycles. The molecule has 2 N–H and O–H groups in total. The number of carbonyl (C=O) groups excluding carboxylic acids is 1. The number of nitrogens with zero attached hydrogens (tertiary/aromatic N) is 3. The molecule has 1 saturated heterocycles. The molecule has 3 aromatic heterocycles. The number of fused-ring (bicyclic) bond motifs is 1. The molecule has 158 valence electrons. The molecular formula is C22H26FN5OS. The number of thiophene rings is 1. The monoisotopic (exact) mass is 427 g/mol. The van der Waals surface area contributed by atoms with Crippen molar-refractivity contribution >= 4 is 33.3 Å². The highest BCUT2D eigenvalue weighted by Crippen LogP contribution is 2.29. The molecule has 0 aliphatic carbocycles. The van der Waals surface area contributed by atoms with E-state index in [1.807, 2.05) is 19.9 Å². The van der Waals surface area contributed by atoms with Gasteiger partial charge in [0.25, 0.3) is 0 Å². The van der Waals surface area contributed by atoms with Crippen LogP contribution in [0.2, 0.25) is 0 Å². The number of rotatable bonds is 8. The van der Waals surface area contributed by atoms with E-state index < -0.39 is 0 Å². The van der Waals surface area contributed by atoms with Crippen LogP contribution in [0.4, 0.5) is 10.3 Å². The molecule has 1 fully saturated rings. The van der Waals surface area contributed by atoms with Gasteiger partial charge in [-0.05, 0) is 69.8 Å². The summed E-state index contributed by atoms with van der Waals surface area (Å²) in [7, 11) is 0. The molecule has 1 aliphatic rings. The number of aromatic nitrogens is 3. The normalized spacial score (nSPS) is 17.4. The van der Waals surface area contributed by atoms with Crippen molar-refractivity contribution in [1.82, 2.24) is 20.3 Å². The number of hydrogen-bond donors (Lipinski definition) is 2. The van der Waals surface area contributed by atoms with E-state index in [4.69, 9.17) is 0 Å². The lowest BCUT2D eigenvalue weighted by Crippen LogP contribution is -2.13. The first-order chi connectivity index (χ1) is 14.5. The second kappa shape index (κ2) is 9.14. The van der Waals surface area contributed by atoms with E-state index in [9.17, 15) is 9.18 Å². The van der Waals surface area contributed by atoms with Gasteiger partial charge in [-0.25, -0.2) is 14.4 Å². The van der Waals surface area contributed by atoms with E-state index in [0.717, 1.165) is 41.0 Å². The molecule has 0 bridgehead atoms. The number of pyridine rings is 1. The number of ketones is 1. The fourth-order valence-electron chi connectivity index (χ4n) is 3.88. The van der Waals surface area contributed by atoms with Crippen molar-refractivity contribution in [2.45, 2.75) is 45.6 Å². The molecule has 1 aliphatic heterocycles. The molecule has 0 unspecified atom stereocenters. The van der Waals surface area contributed by atoms with E-state index in [1.54, 1.807) is 17.5 Å². The van der Waals surface area contributed by atoms with Crippen LogP contribution in [-0.4, -0.2) is 33.8 Å². The van der Waals surface area contributed by atoms with Gasteiger partial charge in [0, 0.05) is 17.5 Å². The maximum Gasteiger partial charge on any atom is 0.224 e. The predicted molar refractivity (Wildman–Crippen MR) is 118 cm³/mol. The Labute approximate surface area is 179 Å². The first-order valence-corrected chi connectivity index (χ1v) is 11.2. The fraction of sp³-hybridized carbons (Fsp3) is 0.455. The van der Waals surface area contributed by atoms with Crippen molar-refractivity contribution in [2.75, 3.05) is 18.4 Å². The molecule has 4 rings (SSSR count). The quantitative estimate of drug-likeness (QED) is 0.509. The zero-order valence-electron chi connectivity index (χ0n) is 17.2. The highest BCUT2D eigenvalue weighted by Gasteiger charge is 2.20. The summed E-state index contributed by atoms with van der Waals surface area (Å²) >= 11 is 1.55. The van der Waals surface area contributed by atoms with Crippen LogP contribution in [0.3, 0.4) is 0 Å². The summed E-state index contributed by atoms with van der Waals surface area (Å²) in [5.74, 6) is 0.711. The lowest BCUT2D eigenvalue weighted by Gasteiger charge is -2.15. The summed E-state index contributed by atoms with van der Waals surface area (Å²) in [6.07, 6.45) is 6.39. The maximum absolute atomic E-state index is 13.5. The van der Waals surface area contributed by atoms with Crippen LogP contribution in [0.25, 0.3) is 10.2 Å². The van der Waals surface area contributed by atoms with Crippen LogP contribution in [-0.2, 0) is 0 Å². The number of aryl methyl sites for hydroxylation is 1. The Morgan fingerprint density at radius 3 is 3.00 bits per heavy atom. The zero-order chi connectivity index (χ0) is 21.1. The van der Waals surface area contributed by atoms with Crippen LogP contribution in [0, 0.1) is 18.7 Å². The van der Waals surface area contributed by atoms with Crippen molar-refractivity contribution in [1.29, 1.82) is 0 Å². The largest absolute Gasteiger partial charge is 0.348 e. The number of carbonyl (C=O) groups is 1. The van der Waals surface area contributed by atoms with Crippen molar-refractivity contribution in [3.05, 3.63) is 46.5 Å². The number of nitrogens with one attached hydrogen (secondary N) is 2. The minimum atomic E-state index is -0.390. The predicted octanol–water partition coefficient (Wildman–Crippen LogP) is 4.67. The Kier molecular flexibility index (Phi) is 6.34. The summed E-state index contributed by atoms with van der Waals surface area (Å²) in [6.45, 7) is 6.02. The Morgan fingerprint density at radius 2 is 2.23 bits per heavy atom. The molecule has 2 atom stereocenters. The molecule has 8 heteroatoms. The maximum atomic E-state index is 13.5. The summed E-state index contributed by atoms with van der Waals surface area (Å²) in [6, 6.07) is 3.16.